The van der Waals surface area contributed by atoms with Crippen LogP contribution in [0.1, 0.15) is 18.1 Å². The lowest BCUT2D eigenvalue weighted by molar-refractivity contribution is -0.115. The number of ether oxygens (including phenoxy) is 2. The number of halogens is 2. The molecule has 0 unspecified atom stereocenters. The minimum absolute atomic E-state index is 0.242. The topological polar surface area (TPSA) is 59.9 Å². The molecule has 0 aromatic heterocycles. The van der Waals surface area contributed by atoms with Crippen LogP contribution in [0.25, 0.3) is 6.08 Å². The van der Waals surface area contributed by atoms with Crippen molar-refractivity contribution in [1.29, 1.82) is 0 Å². The van der Waals surface area contributed by atoms with E-state index in [2.05, 4.69) is 10.3 Å². The highest BCUT2D eigenvalue weighted by molar-refractivity contribution is 8.18. The van der Waals surface area contributed by atoms with Crippen molar-refractivity contribution in [2.75, 3.05) is 13.7 Å². The van der Waals surface area contributed by atoms with Gasteiger partial charge in [0.15, 0.2) is 16.7 Å². The van der Waals surface area contributed by atoms with Crippen molar-refractivity contribution in [3.63, 3.8) is 0 Å². The molecule has 0 bridgehead atoms. The molecular formula is C20H18Cl2N2O3S. The highest BCUT2D eigenvalue weighted by Crippen LogP contribution is 2.37. The van der Waals surface area contributed by atoms with E-state index in [1.807, 2.05) is 26.0 Å². The van der Waals surface area contributed by atoms with Crippen LogP contribution in [-0.2, 0) is 4.79 Å². The highest BCUT2D eigenvalue weighted by Gasteiger charge is 2.24. The lowest BCUT2D eigenvalue weighted by Crippen LogP contribution is -2.19. The van der Waals surface area contributed by atoms with Crippen molar-refractivity contribution in [2.45, 2.75) is 13.8 Å². The van der Waals surface area contributed by atoms with E-state index in [1.54, 1.807) is 31.4 Å². The third-order valence-electron chi connectivity index (χ3n) is 3.98. The molecule has 1 saturated heterocycles. The van der Waals surface area contributed by atoms with E-state index in [0.29, 0.717) is 49.5 Å². The fraction of sp³-hybridized carbons (Fsp3) is 0.200. The number of benzene rings is 2. The van der Waals surface area contributed by atoms with E-state index in [0.717, 1.165) is 5.56 Å². The molecule has 1 fully saturated rings. The third-order valence-corrected chi connectivity index (χ3v) is 5.63. The molecule has 1 N–H and O–H groups in total. The zero-order valence-corrected chi connectivity index (χ0v) is 17.8. The number of carbonyl (C=O) groups excluding carboxylic acids is 1. The molecule has 28 heavy (non-hydrogen) atoms. The van der Waals surface area contributed by atoms with E-state index < -0.39 is 0 Å². The molecular weight excluding hydrogens is 419 g/mol. The first-order valence-electron chi connectivity index (χ1n) is 8.48. The molecule has 0 aliphatic carbocycles. The number of aliphatic imine (C=N–C) groups is 1. The monoisotopic (exact) mass is 436 g/mol. The molecule has 0 radical (unpaired) electrons. The van der Waals surface area contributed by atoms with Gasteiger partial charge in [-0.15, -0.1) is 0 Å². The first kappa shape index (κ1) is 20.6. The largest absolute Gasteiger partial charge is 0.493 e. The number of amidine groups is 1. The van der Waals surface area contributed by atoms with Crippen LogP contribution in [0, 0.1) is 6.92 Å². The Kier molecular flexibility index (Phi) is 6.54. The average Bonchev–Trinajstić information content (AvgIpc) is 3.00. The van der Waals surface area contributed by atoms with Crippen LogP contribution in [0.4, 0.5) is 5.69 Å². The number of rotatable bonds is 5. The second-order valence-electron chi connectivity index (χ2n) is 5.82. The SMILES string of the molecule is CCOc1cc(/C=C2/SC(=Nc3cccc(Cl)c3C)NC2=O)c(Cl)cc1OC. The van der Waals surface area contributed by atoms with Gasteiger partial charge >= 0.3 is 0 Å². The fourth-order valence-electron chi connectivity index (χ4n) is 2.54. The third kappa shape index (κ3) is 4.46. The summed E-state index contributed by atoms with van der Waals surface area (Å²) >= 11 is 13.7. The molecule has 1 aliphatic heterocycles. The number of carbonyl (C=O) groups is 1. The standard InChI is InChI=1S/C20H18Cl2N2O3S/c1-4-27-17-8-12(14(22)10-16(17)26-3)9-18-19(25)24-20(28-18)23-15-7-5-6-13(21)11(15)2/h5-10H,4H2,1-3H3,(H,23,24,25)/b18-9+. The fourth-order valence-corrected chi connectivity index (χ4v) is 3.74. The Morgan fingerprint density at radius 2 is 2.00 bits per heavy atom. The van der Waals surface area contributed by atoms with Gasteiger partial charge in [0.2, 0.25) is 0 Å². The summed E-state index contributed by atoms with van der Waals surface area (Å²) in [5.41, 5.74) is 2.21. The molecule has 1 heterocycles. The second kappa shape index (κ2) is 8.90. The number of hydrogen-bond acceptors (Lipinski definition) is 5. The van der Waals surface area contributed by atoms with Crippen molar-refractivity contribution in [1.82, 2.24) is 5.32 Å². The Morgan fingerprint density at radius 1 is 1.21 bits per heavy atom. The number of amides is 1. The molecule has 0 saturated carbocycles. The molecule has 8 heteroatoms. The van der Waals surface area contributed by atoms with E-state index in [1.165, 1.54) is 11.8 Å². The van der Waals surface area contributed by atoms with Gasteiger partial charge in [-0.25, -0.2) is 4.99 Å². The van der Waals surface area contributed by atoms with Gasteiger partial charge in [0.05, 0.1) is 29.3 Å². The van der Waals surface area contributed by atoms with Crippen LogP contribution >= 0.6 is 35.0 Å². The summed E-state index contributed by atoms with van der Waals surface area (Å²) < 4.78 is 10.9. The molecule has 1 amide bonds. The van der Waals surface area contributed by atoms with Gasteiger partial charge in [-0.2, -0.15) is 0 Å². The van der Waals surface area contributed by atoms with Gasteiger partial charge in [0.1, 0.15) is 0 Å². The van der Waals surface area contributed by atoms with Gasteiger partial charge in [-0.05, 0) is 61.0 Å². The molecule has 0 atom stereocenters. The molecule has 3 rings (SSSR count). The van der Waals surface area contributed by atoms with Crippen LogP contribution in [0.5, 0.6) is 11.5 Å². The Bertz CT molecular complexity index is 990. The molecule has 146 valence electrons. The smallest absolute Gasteiger partial charge is 0.264 e. The van der Waals surface area contributed by atoms with Crippen LogP contribution in [0.2, 0.25) is 10.0 Å². The van der Waals surface area contributed by atoms with Crippen LogP contribution in [0.15, 0.2) is 40.2 Å². The maximum atomic E-state index is 12.4. The second-order valence-corrected chi connectivity index (χ2v) is 7.67. The van der Waals surface area contributed by atoms with Crippen LogP contribution < -0.4 is 14.8 Å². The molecule has 0 spiro atoms. The summed E-state index contributed by atoms with van der Waals surface area (Å²) in [5.74, 6) is 0.859. The molecule has 5 nitrogen and oxygen atoms in total. The van der Waals surface area contributed by atoms with Crippen molar-refractivity contribution < 1.29 is 14.3 Å². The van der Waals surface area contributed by atoms with E-state index in [9.17, 15) is 4.79 Å². The van der Waals surface area contributed by atoms with Crippen molar-refractivity contribution >= 4 is 57.8 Å². The van der Waals surface area contributed by atoms with Gasteiger partial charge < -0.3 is 14.8 Å². The quantitative estimate of drug-likeness (QED) is 0.619. The van der Waals surface area contributed by atoms with Crippen molar-refractivity contribution in [3.8, 4) is 11.5 Å². The first-order valence-corrected chi connectivity index (χ1v) is 10.0. The summed E-state index contributed by atoms with van der Waals surface area (Å²) in [7, 11) is 1.55. The summed E-state index contributed by atoms with van der Waals surface area (Å²) in [6.45, 7) is 4.25. The van der Waals surface area contributed by atoms with Crippen LogP contribution in [0.3, 0.4) is 0 Å². The maximum absolute atomic E-state index is 12.4. The highest BCUT2D eigenvalue weighted by atomic mass is 35.5. The predicted molar refractivity (Wildman–Crippen MR) is 116 cm³/mol. The lowest BCUT2D eigenvalue weighted by Gasteiger charge is -2.11. The summed E-state index contributed by atoms with van der Waals surface area (Å²) in [6, 6.07) is 8.88. The predicted octanol–water partition coefficient (Wildman–Crippen LogP) is 5.60. The Morgan fingerprint density at radius 3 is 2.71 bits per heavy atom. The Labute approximate surface area is 177 Å². The number of hydrogen-bond donors (Lipinski definition) is 1. The van der Waals surface area contributed by atoms with Gasteiger partial charge in [0, 0.05) is 11.1 Å². The van der Waals surface area contributed by atoms with E-state index in [4.69, 9.17) is 32.7 Å². The summed E-state index contributed by atoms with van der Waals surface area (Å²) in [5, 5.41) is 4.33. The van der Waals surface area contributed by atoms with E-state index in [-0.39, 0.29) is 5.91 Å². The van der Waals surface area contributed by atoms with Crippen molar-refractivity contribution in [3.05, 3.63) is 56.4 Å². The zero-order chi connectivity index (χ0) is 20.3. The summed E-state index contributed by atoms with van der Waals surface area (Å²) in [4.78, 5) is 17.4. The first-order chi connectivity index (χ1) is 13.4. The van der Waals surface area contributed by atoms with E-state index >= 15 is 0 Å². The molecule has 2 aromatic rings. The average molecular weight is 437 g/mol. The summed E-state index contributed by atoms with van der Waals surface area (Å²) in [6.07, 6.45) is 1.71. The molecule has 1 aliphatic rings. The minimum Gasteiger partial charge on any atom is -0.493 e. The van der Waals surface area contributed by atoms with Gasteiger partial charge in [-0.1, -0.05) is 29.3 Å². The Hall–Kier alpha value is -2.15. The number of thioether (sulfide) groups is 1. The maximum Gasteiger partial charge on any atom is 0.264 e. The molecule has 2 aromatic carbocycles. The Balaban J connectivity index is 1.92. The minimum atomic E-state index is -0.242. The number of nitrogens with one attached hydrogen (secondary N) is 1. The normalized spacial score (nSPS) is 16.5. The van der Waals surface area contributed by atoms with Crippen molar-refractivity contribution in [2.24, 2.45) is 4.99 Å². The number of nitrogens with zero attached hydrogens (tertiary/aromatic N) is 1. The van der Waals surface area contributed by atoms with Gasteiger partial charge in [0.25, 0.3) is 5.91 Å². The number of methoxy groups -OCH3 is 1. The lowest BCUT2D eigenvalue weighted by atomic mass is 10.2. The van der Waals surface area contributed by atoms with Gasteiger partial charge in [-0.3, -0.25) is 4.79 Å². The zero-order valence-electron chi connectivity index (χ0n) is 15.5. The van der Waals surface area contributed by atoms with Crippen LogP contribution in [-0.4, -0.2) is 24.8 Å².